The summed E-state index contributed by atoms with van der Waals surface area (Å²) in [5.41, 5.74) is 0. The molecule has 1 aromatic heterocycles. The fourth-order valence-corrected chi connectivity index (χ4v) is 1.89. The molecule has 1 aliphatic rings. The first kappa shape index (κ1) is 12.8. The van der Waals surface area contributed by atoms with E-state index in [1.807, 2.05) is 4.90 Å². The van der Waals surface area contributed by atoms with E-state index in [2.05, 4.69) is 21.8 Å². The first-order valence-corrected chi connectivity index (χ1v) is 6.19. The molecule has 1 fully saturated rings. The summed E-state index contributed by atoms with van der Waals surface area (Å²) in [5, 5.41) is 0. The molecule has 0 unspecified atom stereocenters. The van der Waals surface area contributed by atoms with Crippen LogP contribution in [0.1, 0.15) is 6.92 Å². The van der Waals surface area contributed by atoms with Crippen molar-refractivity contribution in [1.29, 1.82) is 0 Å². The molecule has 0 aromatic carbocycles. The van der Waals surface area contributed by atoms with Gasteiger partial charge >= 0.3 is 6.01 Å². The molecule has 1 aromatic rings. The fraction of sp³-hybridized carbons (Fsp3) is 0.583. The van der Waals surface area contributed by atoms with Crippen LogP contribution in [-0.4, -0.2) is 65.0 Å². The molecule has 0 N–H and O–H groups in total. The highest BCUT2D eigenvalue weighted by Gasteiger charge is 2.20. The van der Waals surface area contributed by atoms with Crippen LogP contribution in [0, 0.1) is 0 Å². The number of ether oxygens (including phenoxy) is 1. The molecule has 0 atom stereocenters. The Kier molecular flexibility index (Phi) is 4.46. The van der Waals surface area contributed by atoms with Gasteiger partial charge < -0.3 is 14.5 Å². The van der Waals surface area contributed by atoms with Crippen LogP contribution < -0.4 is 4.74 Å². The Labute approximate surface area is 107 Å². The van der Waals surface area contributed by atoms with Crippen LogP contribution in [-0.2, 0) is 4.79 Å². The monoisotopic (exact) mass is 250 g/mol. The van der Waals surface area contributed by atoms with Crippen molar-refractivity contribution in [3.8, 4) is 6.01 Å². The van der Waals surface area contributed by atoms with E-state index in [9.17, 15) is 4.79 Å². The van der Waals surface area contributed by atoms with Gasteiger partial charge in [0.1, 0.15) is 0 Å². The molecule has 98 valence electrons. The largest absolute Gasteiger partial charge is 0.453 e. The average molecular weight is 250 g/mol. The van der Waals surface area contributed by atoms with Crippen molar-refractivity contribution in [1.82, 2.24) is 19.8 Å². The maximum Gasteiger partial charge on any atom is 0.316 e. The SMILES string of the molecule is CCN1CCN(C(=O)COc2ncccn2)CC1. The molecule has 2 heterocycles. The van der Waals surface area contributed by atoms with Crippen molar-refractivity contribution in [3.63, 3.8) is 0 Å². The summed E-state index contributed by atoms with van der Waals surface area (Å²) < 4.78 is 5.25. The number of amides is 1. The minimum atomic E-state index is -0.00166. The Balaban J connectivity index is 1.75. The van der Waals surface area contributed by atoms with Gasteiger partial charge in [0.2, 0.25) is 0 Å². The van der Waals surface area contributed by atoms with Crippen LogP contribution in [0.2, 0.25) is 0 Å². The van der Waals surface area contributed by atoms with E-state index in [4.69, 9.17) is 4.74 Å². The third-order valence-electron chi connectivity index (χ3n) is 3.04. The molecule has 6 nitrogen and oxygen atoms in total. The van der Waals surface area contributed by atoms with E-state index in [0.29, 0.717) is 0 Å². The molecule has 0 spiro atoms. The van der Waals surface area contributed by atoms with Gasteiger partial charge in [-0.25, -0.2) is 9.97 Å². The number of hydrogen-bond donors (Lipinski definition) is 0. The second-order valence-electron chi connectivity index (χ2n) is 4.14. The van der Waals surface area contributed by atoms with Gasteiger partial charge in [-0.05, 0) is 12.6 Å². The zero-order valence-electron chi connectivity index (χ0n) is 10.6. The van der Waals surface area contributed by atoms with Gasteiger partial charge in [-0.3, -0.25) is 4.79 Å². The van der Waals surface area contributed by atoms with Crippen molar-refractivity contribution in [3.05, 3.63) is 18.5 Å². The predicted molar refractivity (Wildman–Crippen MR) is 66.2 cm³/mol. The number of piperazine rings is 1. The highest BCUT2D eigenvalue weighted by atomic mass is 16.5. The Morgan fingerprint density at radius 1 is 1.28 bits per heavy atom. The van der Waals surface area contributed by atoms with E-state index < -0.39 is 0 Å². The molecule has 6 heteroatoms. The molecular weight excluding hydrogens is 232 g/mol. The van der Waals surface area contributed by atoms with E-state index in [1.54, 1.807) is 18.5 Å². The molecule has 0 saturated carbocycles. The minimum absolute atomic E-state index is 0.00166. The van der Waals surface area contributed by atoms with Crippen molar-refractivity contribution in [2.75, 3.05) is 39.3 Å². The van der Waals surface area contributed by atoms with Gasteiger partial charge in [0, 0.05) is 38.6 Å². The molecule has 1 saturated heterocycles. The molecule has 1 amide bonds. The standard InChI is InChI=1S/C12H18N4O2/c1-2-15-6-8-16(9-7-15)11(17)10-18-12-13-4-3-5-14-12/h3-5H,2,6-10H2,1H3. The summed E-state index contributed by atoms with van der Waals surface area (Å²) in [6, 6.07) is 1.96. The average Bonchev–Trinajstić information content (AvgIpc) is 2.46. The quantitative estimate of drug-likeness (QED) is 0.754. The number of aromatic nitrogens is 2. The third-order valence-corrected chi connectivity index (χ3v) is 3.04. The molecule has 1 aliphatic heterocycles. The van der Waals surface area contributed by atoms with Gasteiger partial charge in [-0.1, -0.05) is 6.92 Å². The lowest BCUT2D eigenvalue weighted by Gasteiger charge is -2.33. The van der Waals surface area contributed by atoms with Crippen LogP contribution in [0.4, 0.5) is 0 Å². The lowest BCUT2D eigenvalue weighted by Crippen LogP contribution is -2.49. The Hall–Kier alpha value is -1.69. The smallest absolute Gasteiger partial charge is 0.316 e. The van der Waals surface area contributed by atoms with E-state index in [1.165, 1.54) is 0 Å². The number of carbonyl (C=O) groups excluding carboxylic acids is 1. The fourth-order valence-electron chi connectivity index (χ4n) is 1.89. The summed E-state index contributed by atoms with van der Waals surface area (Å²) in [6.45, 7) is 6.59. The maximum atomic E-state index is 11.9. The van der Waals surface area contributed by atoms with E-state index in [0.717, 1.165) is 32.7 Å². The number of nitrogens with zero attached hydrogens (tertiary/aromatic N) is 4. The molecule has 0 aliphatic carbocycles. The molecule has 0 radical (unpaired) electrons. The highest BCUT2D eigenvalue weighted by molar-refractivity contribution is 5.77. The van der Waals surface area contributed by atoms with Gasteiger partial charge in [0.25, 0.3) is 5.91 Å². The maximum absolute atomic E-state index is 11.9. The minimum Gasteiger partial charge on any atom is -0.453 e. The molecule has 18 heavy (non-hydrogen) atoms. The summed E-state index contributed by atoms with van der Waals surface area (Å²) in [6.07, 6.45) is 3.18. The summed E-state index contributed by atoms with van der Waals surface area (Å²) >= 11 is 0. The number of likely N-dealkylation sites (N-methyl/N-ethyl adjacent to an activating group) is 1. The van der Waals surface area contributed by atoms with Crippen LogP contribution >= 0.6 is 0 Å². The second kappa shape index (κ2) is 6.30. The zero-order chi connectivity index (χ0) is 12.8. The van der Waals surface area contributed by atoms with Crippen LogP contribution in [0.15, 0.2) is 18.5 Å². The lowest BCUT2D eigenvalue weighted by molar-refractivity contribution is -0.135. The van der Waals surface area contributed by atoms with Crippen molar-refractivity contribution >= 4 is 5.91 Å². The number of carbonyl (C=O) groups is 1. The van der Waals surface area contributed by atoms with Gasteiger partial charge in [-0.15, -0.1) is 0 Å². The molecule has 0 bridgehead atoms. The first-order chi connectivity index (χ1) is 8.79. The van der Waals surface area contributed by atoms with Crippen molar-refractivity contribution < 1.29 is 9.53 Å². The van der Waals surface area contributed by atoms with Crippen molar-refractivity contribution in [2.24, 2.45) is 0 Å². The lowest BCUT2D eigenvalue weighted by atomic mass is 10.3. The number of rotatable bonds is 4. The summed E-state index contributed by atoms with van der Waals surface area (Å²) in [5.74, 6) is -0.00166. The predicted octanol–water partition coefficient (Wildman–Crippen LogP) is 0.0195. The van der Waals surface area contributed by atoms with Crippen LogP contribution in [0.5, 0.6) is 6.01 Å². The number of hydrogen-bond acceptors (Lipinski definition) is 5. The van der Waals surface area contributed by atoms with E-state index in [-0.39, 0.29) is 18.5 Å². The summed E-state index contributed by atoms with van der Waals surface area (Å²) in [7, 11) is 0. The molecular formula is C12H18N4O2. The van der Waals surface area contributed by atoms with Gasteiger partial charge in [0.15, 0.2) is 6.61 Å². The third kappa shape index (κ3) is 3.40. The molecule has 2 rings (SSSR count). The van der Waals surface area contributed by atoms with Crippen molar-refractivity contribution in [2.45, 2.75) is 6.92 Å². The second-order valence-corrected chi connectivity index (χ2v) is 4.14. The van der Waals surface area contributed by atoms with Crippen LogP contribution in [0.3, 0.4) is 0 Å². The topological polar surface area (TPSA) is 58.6 Å². The van der Waals surface area contributed by atoms with Gasteiger partial charge in [0.05, 0.1) is 0 Å². The van der Waals surface area contributed by atoms with Crippen LogP contribution in [0.25, 0.3) is 0 Å². The Morgan fingerprint density at radius 2 is 1.94 bits per heavy atom. The van der Waals surface area contributed by atoms with Gasteiger partial charge in [-0.2, -0.15) is 0 Å². The highest BCUT2D eigenvalue weighted by Crippen LogP contribution is 2.03. The normalized spacial score (nSPS) is 16.6. The Morgan fingerprint density at radius 3 is 2.56 bits per heavy atom. The Bertz CT molecular complexity index is 377. The van der Waals surface area contributed by atoms with E-state index >= 15 is 0 Å². The zero-order valence-corrected chi connectivity index (χ0v) is 10.6. The first-order valence-electron chi connectivity index (χ1n) is 6.19. The summed E-state index contributed by atoms with van der Waals surface area (Å²) in [4.78, 5) is 23.9.